The average Bonchev–Trinajstić information content (AvgIpc) is 2.49. The molecule has 0 aliphatic carbocycles. The van der Waals surface area contributed by atoms with E-state index in [1.165, 1.54) is 7.11 Å². The highest BCUT2D eigenvalue weighted by atomic mass is 16.5. The molecule has 14 heavy (non-hydrogen) atoms. The molecule has 1 aliphatic rings. The second-order valence-electron chi connectivity index (χ2n) is 3.25. The van der Waals surface area contributed by atoms with E-state index in [1.807, 2.05) is 4.90 Å². The van der Waals surface area contributed by atoms with Crippen LogP contribution in [-0.2, 0) is 9.53 Å². The number of anilines is 1. The summed E-state index contributed by atoms with van der Waals surface area (Å²) in [6.07, 6.45) is 0. The van der Waals surface area contributed by atoms with Crippen molar-refractivity contribution in [3.63, 3.8) is 0 Å². The van der Waals surface area contributed by atoms with Gasteiger partial charge in [-0.3, -0.25) is 4.79 Å². The Labute approximate surface area is 80.8 Å². The molecule has 1 saturated heterocycles. The lowest BCUT2D eigenvalue weighted by molar-refractivity contribution is -0.146. The fourth-order valence-electron chi connectivity index (χ4n) is 1.37. The number of carbonyl (C=O) groups is 1. The quantitative estimate of drug-likeness (QED) is 0.621. The third-order valence-electron chi connectivity index (χ3n) is 2.20. The normalized spacial score (nSPS) is 16.6. The third kappa shape index (κ3) is 1.43. The van der Waals surface area contributed by atoms with Crippen LogP contribution in [0.15, 0.2) is 4.52 Å². The zero-order valence-corrected chi connectivity index (χ0v) is 8.06. The van der Waals surface area contributed by atoms with Crippen LogP contribution in [0.4, 0.5) is 6.01 Å². The van der Waals surface area contributed by atoms with Crippen LogP contribution in [0.2, 0.25) is 0 Å². The van der Waals surface area contributed by atoms with Gasteiger partial charge >= 0.3 is 12.0 Å². The Morgan fingerprint density at radius 1 is 1.64 bits per heavy atom. The molecule has 0 amide bonds. The molecule has 0 atom stereocenters. The summed E-state index contributed by atoms with van der Waals surface area (Å²) in [5, 5.41) is 3.67. The van der Waals surface area contributed by atoms with Gasteiger partial charge < -0.3 is 14.2 Å². The molecule has 0 unspecified atom stereocenters. The SMILES string of the molecule is COC(=O)C1CN(c2nc(C)no2)C1. The smallest absolute Gasteiger partial charge is 0.324 e. The van der Waals surface area contributed by atoms with Gasteiger partial charge in [0.1, 0.15) is 0 Å². The Hall–Kier alpha value is -1.59. The molecular formula is C8H11N3O3. The van der Waals surface area contributed by atoms with Crippen molar-refractivity contribution in [1.29, 1.82) is 0 Å². The molecule has 2 rings (SSSR count). The summed E-state index contributed by atoms with van der Waals surface area (Å²) in [4.78, 5) is 17.0. The minimum absolute atomic E-state index is 0.0628. The fourth-order valence-corrected chi connectivity index (χ4v) is 1.37. The van der Waals surface area contributed by atoms with Crippen molar-refractivity contribution < 1.29 is 14.1 Å². The van der Waals surface area contributed by atoms with E-state index in [1.54, 1.807) is 6.92 Å². The lowest BCUT2D eigenvalue weighted by Gasteiger charge is -2.35. The van der Waals surface area contributed by atoms with Crippen LogP contribution >= 0.6 is 0 Å². The summed E-state index contributed by atoms with van der Waals surface area (Å²) < 4.78 is 9.55. The van der Waals surface area contributed by atoms with Gasteiger partial charge in [-0.25, -0.2) is 0 Å². The summed E-state index contributed by atoms with van der Waals surface area (Å²) in [6, 6.07) is 0.475. The molecule has 1 fully saturated rings. The number of aromatic nitrogens is 2. The molecule has 0 radical (unpaired) electrons. The highest BCUT2D eigenvalue weighted by Crippen LogP contribution is 2.23. The van der Waals surface area contributed by atoms with Crippen LogP contribution < -0.4 is 4.90 Å². The molecule has 1 aromatic heterocycles. The summed E-state index contributed by atoms with van der Waals surface area (Å²) in [6.45, 7) is 2.94. The van der Waals surface area contributed by atoms with E-state index in [0.29, 0.717) is 24.9 Å². The number of nitrogens with zero attached hydrogens (tertiary/aromatic N) is 3. The predicted molar refractivity (Wildman–Crippen MR) is 46.8 cm³/mol. The third-order valence-corrected chi connectivity index (χ3v) is 2.20. The van der Waals surface area contributed by atoms with Crippen molar-refractivity contribution in [2.45, 2.75) is 6.92 Å². The van der Waals surface area contributed by atoms with Crippen LogP contribution in [0.3, 0.4) is 0 Å². The molecule has 0 aromatic carbocycles. The first kappa shape index (κ1) is 8.98. The van der Waals surface area contributed by atoms with Gasteiger partial charge in [-0.2, -0.15) is 4.98 Å². The van der Waals surface area contributed by atoms with Crippen molar-refractivity contribution >= 4 is 12.0 Å². The number of carbonyl (C=O) groups excluding carboxylic acids is 1. The maximum Gasteiger partial charge on any atom is 0.324 e. The standard InChI is InChI=1S/C8H11N3O3/c1-5-9-8(14-10-5)11-3-6(4-11)7(12)13-2/h6H,3-4H2,1-2H3. The molecule has 2 heterocycles. The van der Waals surface area contributed by atoms with E-state index in [4.69, 9.17) is 4.52 Å². The van der Waals surface area contributed by atoms with Crippen LogP contribution in [0, 0.1) is 12.8 Å². The zero-order valence-electron chi connectivity index (χ0n) is 8.06. The first-order valence-corrected chi connectivity index (χ1v) is 4.34. The maximum atomic E-state index is 11.1. The lowest BCUT2D eigenvalue weighted by Crippen LogP contribution is -2.51. The van der Waals surface area contributed by atoms with Gasteiger partial charge in [0.15, 0.2) is 5.82 Å². The van der Waals surface area contributed by atoms with Gasteiger partial charge in [-0.15, -0.1) is 0 Å². The van der Waals surface area contributed by atoms with Crippen molar-refractivity contribution in [2.75, 3.05) is 25.1 Å². The predicted octanol–water partition coefficient (Wildman–Crippen LogP) is -0.0128. The summed E-state index contributed by atoms with van der Waals surface area (Å²) in [7, 11) is 1.39. The van der Waals surface area contributed by atoms with Crippen molar-refractivity contribution in [3.05, 3.63) is 5.82 Å². The van der Waals surface area contributed by atoms with E-state index < -0.39 is 0 Å². The number of esters is 1. The summed E-state index contributed by atoms with van der Waals surface area (Å²) in [5.41, 5.74) is 0. The van der Waals surface area contributed by atoms with Gasteiger partial charge in [0, 0.05) is 13.1 Å². The van der Waals surface area contributed by atoms with Gasteiger partial charge in [0.2, 0.25) is 0 Å². The zero-order chi connectivity index (χ0) is 10.1. The topological polar surface area (TPSA) is 68.5 Å². The van der Waals surface area contributed by atoms with E-state index >= 15 is 0 Å². The van der Waals surface area contributed by atoms with Gasteiger partial charge in [-0.05, 0) is 6.92 Å². The van der Waals surface area contributed by atoms with Crippen LogP contribution in [0.25, 0.3) is 0 Å². The van der Waals surface area contributed by atoms with Gasteiger partial charge in [-0.1, -0.05) is 5.16 Å². The molecule has 6 nitrogen and oxygen atoms in total. The second kappa shape index (κ2) is 3.28. The highest BCUT2D eigenvalue weighted by molar-refractivity contribution is 5.75. The van der Waals surface area contributed by atoms with Crippen molar-refractivity contribution in [1.82, 2.24) is 10.1 Å². The van der Waals surface area contributed by atoms with E-state index in [0.717, 1.165) is 0 Å². The van der Waals surface area contributed by atoms with Crippen molar-refractivity contribution in [2.24, 2.45) is 5.92 Å². The first-order valence-electron chi connectivity index (χ1n) is 4.34. The number of rotatable bonds is 2. The van der Waals surface area contributed by atoms with Crippen molar-refractivity contribution in [3.8, 4) is 0 Å². The number of methoxy groups -OCH3 is 1. The highest BCUT2D eigenvalue weighted by Gasteiger charge is 2.36. The molecule has 0 spiro atoms. The number of hydrogen-bond acceptors (Lipinski definition) is 6. The minimum atomic E-state index is -0.183. The summed E-state index contributed by atoms with van der Waals surface area (Å²) in [5.74, 6) is 0.353. The maximum absolute atomic E-state index is 11.1. The summed E-state index contributed by atoms with van der Waals surface area (Å²) >= 11 is 0. The molecule has 1 aliphatic heterocycles. The van der Waals surface area contributed by atoms with Crippen LogP contribution in [0.1, 0.15) is 5.82 Å². The van der Waals surface area contributed by atoms with E-state index in [9.17, 15) is 4.79 Å². The molecule has 76 valence electrons. The number of hydrogen-bond donors (Lipinski definition) is 0. The minimum Gasteiger partial charge on any atom is -0.469 e. The Bertz CT molecular complexity index is 343. The van der Waals surface area contributed by atoms with Crippen LogP contribution in [0.5, 0.6) is 0 Å². The number of aryl methyl sites for hydroxylation is 1. The average molecular weight is 197 g/mol. The molecule has 0 saturated carbocycles. The second-order valence-corrected chi connectivity index (χ2v) is 3.25. The van der Waals surface area contributed by atoms with Gasteiger partial charge in [0.05, 0.1) is 13.0 Å². The van der Waals surface area contributed by atoms with Crippen LogP contribution in [-0.4, -0.2) is 36.3 Å². The Morgan fingerprint density at radius 2 is 2.36 bits per heavy atom. The first-order chi connectivity index (χ1) is 6.70. The monoisotopic (exact) mass is 197 g/mol. The van der Waals surface area contributed by atoms with E-state index in [-0.39, 0.29) is 11.9 Å². The van der Waals surface area contributed by atoms with E-state index in [2.05, 4.69) is 14.9 Å². The largest absolute Gasteiger partial charge is 0.469 e. The molecular weight excluding hydrogens is 186 g/mol. The number of ether oxygens (including phenoxy) is 1. The Kier molecular flexibility index (Phi) is 2.11. The molecule has 0 N–H and O–H groups in total. The molecule has 0 bridgehead atoms. The molecule has 6 heteroatoms. The Balaban J connectivity index is 1.92. The fraction of sp³-hybridized carbons (Fsp3) is 0.625. The molecule has 1 aromatic rings. The lowest BCUT2D eigenvalue weighted by atomic mass is 10.0. The van der Waals surface area contributed by atoms with Gasteiger partial charge in [0.25, 0.3) is 0 Å². The Morgan fingerprint density at radius 3 is 2.86 bits per heavy atom.